The Morgan fingerprint density at radius 3 is 2.24 bits per heavy atom. The molecule has 38 heavy (non-hydrogen) atoms. The van der Waals surface area contributed by atoms with Gasteiger partial charge >= 0.3 is 18.4 Å². The van der Waals surface area contributed by atoms with Crippen molar-refractivity contribution in [3.05, 3.63) is 59.2 Å². The molecule has 15 heteroatoms. The molecule has 2 aromatic heterocycles. The van der Waals surface area contributed by atoms with E-state index in [1.54, 1.807) is 0 Å². The second-order valence-electron chi connectivity index (χ2n) is 9.52. The van der Waals surface area contributed by atoms with Crippen LogP contribution >= 0.6 is 0 Å². The van der Waals surface area contributed by atoms with E-state index >= 15 is 0 Å². The van der Waals surface area contributed by atoms with Crippen LogP contribution in [0.1, 0.15) is 29.8 Å². The topological polar surface area (TPSA) is 94.8 Å². The van der Waals surface area contributed by atoms with Gasteiger partial charge < -0.3 is 20.6 Å². The Kier molecular flexibility index (Phi) is 6.16. The van der Waals surface area contributed by atoms with Crippen molar-refractivity contribution in [3.8, 4) is 0 Å². The van der Waals surface area contributed by atoms with E-state index in [4.69, 9.17) is 0 Å². The monoisotopic (exact) mass is 546 g/mol. The van der Waals surface area contributed by atoms with E-state index in [1.807, 2.05) is 0 Å². The summed E-state index contributed by atoms with van der Waals surface area (Å²) in [6.45, 7) is 0.0349. The molecule has 5 rings (SSSR count). The lowest BCUT2D eigenvalue weighted by Gasteiger charge is -2.51. The van der Waals surface area contributed by atoms with Gasteiger partial charge in [0.05, 0.1) is 12.1 Å². The summed E-state index contributed by atoms with van der Waals surface area (Å²) in [6, 6.07) is 5.48. The van der Waals surface area contributed by atoms with Gasteiger partial charge in [0.2, 0.25) is 0 Å². The first-order valence-corrected chi connectivity index (χ1v) is 11.5. The molecule has 1 aliphatic heterocycles. The number of nitrogens with one attached hydrogen (secondary N) is 2. The van der Waals surface area contributed by atoms with Gasteiger partial charge in [-0.05, 0) is 30.5 Å². The average Bonchev–Trinajstić information content (AvgIpc) is 3.26. The van der Waals surface area contributed by atoms with Gasteiger partial charge in [0.25, 0.3) is 0 Å². The summed E-state index contributed by atoms with van der Waals surface area (Å²) in [7, 11) is 0. The standard InChI is InChI=1S/C23H21F7N6O2/c24-13-3-1-12(2-4-13)21(10-35(11-21)20(38)32-14-5-6-15(14)37)9-31-18-7-16(22(25,26)27)33-19-8-17(23(28,29)30)34-36(18)19/h1-4,7-8,14-15,31,37H,5-6,9-11H2,(H,32,38)/t14-,15-/m0/s1. The van der Waals surface area contributed by atoms with Gasteiger partial charge in [-0.2, -0.15) is 36.0 Å². The predicted molar refractivity (Wildman–Crippen MR) is 119 cm³/mol. The first-order valence-electron chi connectivity index (χ1n) is 11.5. The summed E-state index contributed by atoms with van der Waals surface area (Å²) in [5.41, 5.74) is -3.82. The van der Waals surface area contributed by atoms with Crippen molar-refractivity contribution in [3.63, 3.8) is 0 Å². The highest BCUT2D eigenvalue weighted by Gasteiger charge is 2.47. The lowest BCUT2D eigenvalue weighted by atomic mass is 9.73. The maximum atomic E-state index is 13.6. The number of halogens is 7. The maximum Gasteiger partial charge on any atom is 0.435 e. The van der Waals surface area contributed by atoms with Crippen molar-refractivity contribution in [1.82, 2.24) is 24.8 Å². The molecular weight excluding hydrogens is 525 g/mol. The highest BCUT2D eigenvalue weighted by atomic mass is 19.4. The predicted octanol–water partition coefficient (Wildman–Crippen LogP) is 3.80. The number of hydrogen-bond donors (Lipinski definition) is 3. The van der Waals surface area contributed by atoms with Crippen molar-refractivity contribution in [2.75, 3.05) is 25.0 Å². The fourth-order valence-corrected chi connectivity index (χ4v) is 4.57. The number of rotatable bonds is 5. The van der Waals surface area contributed by atoms with E-state index in [9.17, 15) is 40.6 Å². The van der Waals surface area contributed by atoms with Crippen LogP contribution in [-0.4, -0.2) is 62.4 Å². The van der Waals surface area contributed by atoms with E-state index in [0.717, 1.165) is 0 Å². The zero-order chi connectivity index (χ0) is 27.5. The third kappa shape index (κ3) is 4.81. The van der Waals surface area contributed by atoms with Crippen molar-refractivity contribution in [1.29, 1.82) is 0 Å². The van der Waals surface area contributed by atoms with Crippen LogP contribution < -0.4 is 10.6 Å². The molecule has 3 heterocycles. The summed E-state index contributed by atoms with van der Waals surface area (Å²) < 4.78 is 94.2. The molecule has 2 atom stereocenters. The largest absolute Gasteiger partial charge is 0.435 e. The summed E-state index contributed by atoms with van der Waals surface area (Å²) in [5.74, 6) is -0.911. The Labute approximate surface area is 210 Å². The molecule has 204 valence electrons. The third-order valence-corrected chi connectivity index (χ3v) is 6.89. The molecule has 2 amide bonds. The second kappa shape index (κ2) is 8.99. The van der Waals surface area contributed by atoms with Crippen LogP contribution in [-0.2, 0) is 17.8 Å². The first kappa shape index (κ1) is 26.0. The fraction of sp³-hybridized carbons (Fsp3) is 0.435. The lowest BCUT2D eigenvalue weighted by Crippen LogP contribution is -2.67. The van der Waals surface area contributed by atoms with E-state index in [1.165, 1.54) is 29.2 Å². The number of likely N-dealkylation sites (tertiary alicyclic amines) is 1. The van der Waals surface area contributed by atoms with E-state index in [-0.39, 0.29) is 31.5 Å². The van der Waals surface area contributed by atoms with E-state index < -0.39 is 52.8 Å². The highest BCUT2D eigenvalue weighted by Crippen LogP contribution is 2.37. The number of alkyl halides is 6. The highest BCUT2D eigenvalue weighted by molar-refractivity contribution is 5.76. The molecule has 1 aromatic carbocycles. The minimum Gasteiger partial charge on any atom is -0.391 e. The second-order valence-corrected chi connectivity index (χ2v) is 9.52. The Morgan fingerprint density at radius 1 is 1.03 bits per heavy atom. The number of urea groups is 1. The van der Waals surface area contributed by atoms with Crippen LogP contribution in [0, 0.1) is 5.82 Å². The van der Waals surface area contributed by atoms with Crippen LogP contribution in [0.4, 0.5) is 41.3 Å². The molecule has 8 nitrogen and oxygen atoms in total. The number of anilines is 1. The molecule has 1 saturated carbocycles. The molecule has 0 spiro atoms. The molecule has 1 saturated heterocycles. The van der Waals surface area contributed by atoms with Crippen molar-refractivity contribution in [2.45, 2.75) is 42.8 Å². The number of aliphatic hydroxyl groups excluding tert-OH is 1. The number of amides is 2. The Morgan fingerprint density at radius 2 is 1.68 bits per heavy atom. The minimum atomic E-state index is -4.94. The fourth-order valence-electron chi connectivity index (χ4n) is 4.57. The smallest absolute Gasteiger partial charge is 0.391 e. The van der Waals surface area contributed by atoms with Gasteiger partial charge in [0.15, 0.2) is 17.0 Å². The van der Waals surface area contributed by atoms with Crippen LogP contribution in [0.25, 0.3) is 5.65 Å². The number of fused-ring (bicyclic) bond motifs is 1. The van der Waals surface area contributed by atoms with Gasteiger partial charge in [-0.3, -0.25) is 0 Å². The molecule has 3 N–H and O–H groups in total. The number of aliphatic hydroxyl groups is 1. The first-order chi connectivity index (χ1) is 17.7. The van der Waals surface area contributed by atoms with Gasteiger partial charge in [0, 0.05) is 37.2 Å². The normalized spacial score (nSPS) is 21.1. The number of aromatic nitrogens is 3. The van der Waals surface area contributed by atoms with E-state index in [2.05, 4.69) is 20.7 Å². The number of nitrogens with zero attached hydrogens (tertiary/aromatic N) is 4. The van der Waals surface area contributed by atoms with Crippen molar-refractivity contribution < 1.29 is 40.6 Å². The molecule has 0 radical (unpaired) electrons. The summed E-state index contributed by atoms with van der Waals surface area (Å²) in [4.78, 5) is 17.3. The molecular formula is C23H21F7N6O2. The number of benzene rings is 1. The molecule has 0 bridgehead atoms. The summed E-state index contributed by atoms with van der Waals surface area (Å²) >= 11 is 0. The summed E-state index contributed by atoms with van der Waals surface area (Å²) in [5, 5.41) is 18.6. The molecule has 0 unspecified atom stereocenters. The Balaban J connectivity index is 1.43. The van der Waals surface area contributed by atoms with Gasteiger partial charge in [-0.1, -0.05) is 12.1 Å². The minimum absolute atomic E-state index is 0.0769. The quantitative estimate of drug-likeness (QED) is 0.424. The van der Waals surface area contributed by atoms with Crippen molar-refractivity contribution in [2.24, 2.45) is 0 Å². The zero-order valence-electron chi connectivity index (χ0n) is 19.4. The maximum absolute atomic E-state index is 13.6. The van der Waals surface area contributed by atoms with Crippen LogP contribution in [0.5, 0.6) is 0 Å². The van der Waals surface area contributed by atoms with E-state index in [0.29, 0.717) is 35.1 Å². The summed E-state index contributed by atoms with van der Waals surface area (Å²) in [6.07, 6.45) is -9.30. The lowest BCUT2D eigenvalue weighted by molar-refractivity contribution is -0.142. The molecule has 1 aliphatic carbocycles. The molecule has 2 aliphatic rings. The Hall–Kier alpha value is -3.62. The van der Waals surface area contributed by atoms with Crippen LogP contribution in [0.15, 0.2) is 36.4 Å². The zero-order valence-corrected chi connectivity index (χ0v) is 19.4. The SMILES string of the molecule is O=C(N[C@H]1CC[C@@H]1O)N1CC(CNc2cc(C(F)(F)F)nc3cc(C(F)(F)F)nn23)(c2ccc(F)cc2)C1. The van der Waals surface area contributed by atoms with Crippen molar-refractivity contribution >= 4 is 17.5 Å². The number of hydrogen-bond acceptors (Lipinski definition) is 5. The number of carbonyl (C=O) groups excluding carboxylic acids is 1. The van der Waals surface area contributed by atoms with Crippen LogP contribution in [0.3, 0.4) is 0 Å². The molecule has 2 fully saturated rings. The van der Waals surface area contributed by atoms with Gasteiger partial charge in [0.1, 0.15) is 11.6 Å². The van der Waals surface area contributed by atoms with Gasteiger partial charge in [-0.25, -0.2) is 14.2 Å². The van der Waals surface area contributed by atoms with Crippen LogP contribution in [0.2, 0.25) is 0 Å². The third-order valence-electron chi connectivity index (χ3n) is 6.89. The van der Waals surface area contributed by atoms with Gasteiger partial charge in [-0.15, -0.1) is 0 Å². The average molecular weight is 546 g/mol. The number of carbonyl (C=O) groups is 1. The Bertz CT molecular complexity index is 1350. The molecule has 3 aromatic rings.